The number of rotatable bonds is 1. The molecule has 0 aliphatic rings. The molecule has 0 aliphatic heterocycles. The molecule has 0 aliphatic carbocycles. The first kappa shape index (κ1) is 10.3. The lowest BCUT2D eigenvalue weighted by Crippen LogP contribution is -2.19. The van der Waals surface area contributed by atoms with Crippen LogP contribution in [0.15, 0.2) is 0 Å². The molecule has 0 unspecified atom stereocenters. The van der Waals surface area contributed by atoms with E-state index in [0.717, 1.165) is 0 Å². The van der Waals surface area contributed by atoms with Crippen LogP contribution in [-0.4, -0.2) is 5.91 Å². The third-order valence-electron chi connectivity index (χ3n) is 1.54. The molecule has 1 rings (SSSR count). The van der Waals surface area contributed by atoms with Gasteiger partial charge in [0.05, 0.1) is 0 Å². The zero-order chi connectivity index (χ0) is 11.0. The first-order chi connectivity index (χ1) is 6.37. The highest BCUT2D eigenvalue weighted by molar-refractivity contribution is 5.93. The summed E-state index contributed by atoms with van der Waals surface area (Å²) >= 11 is 0. The monoisotopic (exact) mass is 208 g/mol. The number of nitrogen functional groups attached to an aromatic ring is 1. The van der Waals surface area contributed by atoms with Crippen molar-refractivity contribution in [3.8, 4) is 0 Å². The van der Waals surface area contributed by atoms with Gasteiger partial charge in [0.15, 0.2) is 23.3 Å². The van der Waals surface area contributed by atoms with E-state index in [2.05, 4.69) is 11.5 Å². The lowest BCUT2D eigenvalue weighted by atomic mass is 10.1. The van der Waals surface area contributed by atoms with Gasteiger partial charge >= 0.3 is 0 Å². The molecule has 7 heteroatoms. The molecule has 0 fully saturated rings. The van der Waals surface area contributed by atoms with Crippen LogP contribution in [-0.2, 0) is 0 Å². The Hall–Kier alpha value is -1.79. The van der Waals surface area contributed by atoms with Gasteiger partial charge in [-0.2, -0.15) is 0 Å². The third kappa shape index (κ3) is 1.26. The van der Waals surface area contributed by atoms with Gasteiger partial charge in [-0.15, -0.1) is 0 Å². The summed E-state index contributed by atoms with van der Waals surface area (Å²) < 4.78 is 50.9. The number of primary amides is 1. The number of nitrogens with two attached hydrogens (primary N) is 2. The molecule has 14 heavy (non-hydrogen) atoms. The van der Waals surface area contributed by atoms with E-state index in [1.807, 2.05) is 0 Å². The number of carbonyl (C=O) groups is 1. The topological polar surface area (TPSA) is 69.1 Å². The highest BCUT2D eigenvalue weighted by atomic mass is 19.2. The number of carbonyl (C=O) groups excluding carboxylic acids is 1. The lowest BCUT2D eigenvalue weighted by molar-refractivity contribution is 0.0990. The fraction of sp³-hybridized carbons (Fsp3) is 0. The van der Waals surface area contributed by atoms with Crippen molar-refractivity contribution in [1.29, 1.82) is 0 Å². The number of amides is 1. The fourth-order valence-corrected chi connectivity index (χ4v) is 0.865. The fourth-order valence-electron chi connectivity index (χ4n) is 0.865. The Balaban J connectivity index is 3.68. The van der Waals surface area contributed by atoms with Crippen molar-refractivity contribution in [1.82, 2.24) is 0 Å². The SMILES string of the molecule is NC(=O)c1c(F)c(F)c(N)c(F)c1F. The van der Waals surface area contributed by atoms with Crippen LogP contribution in [0.3, 0.4) is 0 Å². The van der Waals surface area contributed by atoms with Gasteiger partial charge in [-0.3, -0.25) is 4.79 Å². The minimum Gasteiger partial charge on any atom is -0.394 e. The first-order valence-electron chi connectivity index (χ1n) is 3.29. The Morgan fingerprint density at radius 2 is 1.29 bits per heavy atom. The van der Waals surface area contributed by atoms with Crippen molar-refractivity contribution in [2.24, 2.45) is 5.73 Å². The summed E-state index contributed by atoms with van der Waals surface area (Å²) in [5, 5.41) is 0. The number of hydrogen-bond donors (Lipinski definition) is 2. The molecule has 0 saturated heterocycles. The number of benzene rings is 1. The third-order valence-corrected chi connectivity index (χ3v) is 1.54. The van der Waals surface area contributed by atoms with Gasteiger partial charge < -0.3 is 11.5 Å². The Bertz CT molecular complexity index is 390. The van der Waals surface area contributed by atoms with E-state index >= 15 is 0 Å². The van der Waals surface area contributed by atoms with E-state index in [0.29, 0.717) is 0 Å². The second-order valence-corrected chi connectivity index (χ2v) is 2.41. The molecule has 3 nitrogen and oxygen atoms in total. The number of anilines is 1. The molecule has 1 aromatic carbocycles. The summed E-state index contributed by atoms with van der Waals surface area (Å²) in [7, 11) is 0. The van der Waals surface area contributed by atoms with Gasteiger partial charge in [-0.05, 0) is 0 Å². The molecule has 1 aromatic rings. The van der Waals surface area contributed by atoms with Crippen LogP contribution in [0.25, 0.3) is 0 Å². The van der Waals surface area contributed by atoms with Crippen molar-refractivity contribution >= 4 is 11.6 Å². The van der Waals surface area contributed by atoms with Gasteiger partial charge in [0.2, 0.25) is 0 Å². The normalized spacial score (nSPS) is 10.3. The van der Waals surface area contributed by atoms with Gasteiger partial charge in [0.25, 0.3) is 5.91 Å². The Kier molecular flexibility index (Phi) is 2.33. The summed E-state index contributed by atoms with van der Waals surface area (Å²) in [4.78, 5) is 10.4. The van der Waals surface area contributed by atoms with Crippen LogP contribution in [0, 0.1) is 23.3 Å². The van der Waals surface area contributed by atoms with Crippen LogP contribution in [0.1, 0.15) is 10.4 Å². The second-order valence-electron chi connectivity index (χ2n) is 2.41. The molecule has 0 atom stereocenters. The van der Waals surface area contributed by atoms with E-state index in [4.69, 9.17) is 0 Å². The molecule has 76 valence electrons. The van der Waals surface area contributed by atoms with Crippen LogP contribution in [0.2, 0.25) is 0 Å². The van der Waals surface area contributed by atoms with E-state index in [1.54, 1.807) is 0 Å². The van der Waals surface area contributed by atoms with Crippen LogP contribution >= 0.6 is 0 Å². The maximum atomic E-state index is 12.8. The number of hydrogen-bond acceptors (Lipinski definition) is 2. The van der Waals surface area contributed by atoms with E-state index in [1.165, 1.54) is 0 Å². The molecule has 0 spiro atoms. The molecule has 0 saturated carbocycles. The lowest BCUT2D eigenvalue weighted by Gasteiger charge is -2.05. The van der Waals surface area contributed by atoms with Gasteiger partial charge in [0, 0.05) is 0 Å². The van der Waals surface area contributed by atoms with Crippen molar-refractivity contribution < 1.29 is 22.4 Å². The highest BCUT2D eigenvalue weighted by Gasteiger charge is 2.26. The van der Waals surface area contributed by atoms with Crippen molar-refractivity contribution in [3.05, 3.63) is 28.8 Å². The molecule has 0 bridgehead atoms. The summed E-state index contributed by atoms with van der Waals surface area (Å²) in [6.45, 7) is 0. The van der Waals surface area contributed by atoms with Gasteiger partial charge in [0.1, 0.15) is 11.3 Å². The minimum absolute atomic E-state index is 1.33. The Labute approximate surface area is 75.3 Å². The van der Waals surface area contributed by atoms with Gasteiger partial charge in [-0.1, -0.05) is 0 Å². The highest BCUT2D eigenvalue weighted by Crippen LogP contribution is 2.25. The van der Waals surface area contributed by atoms with Crippen molar-refractivity contribution in [2.45, 2.75) is 0 Å². The largest absolute Gasteiger partial charge is 0.394 e. The van der Waals surface area contributed by atoms with Crippen molar-refractivity contribution in [3.63, 3.8) is 0 Å². The van der Waals surface area contributed by atoms with Crippen molar-refractivity contribution in [2.75, 3.05) is 5.73 Å². The number of halogens is 4. The van der Waals surface area contributed by atoms with Crippen LogP contribution in [0.5, 0.6) is 0 Å². The zero-order valence-electron chi connectivity index (χ0n) is 6.57. The summed E-state index contributed by atoms with van der Waals surface area (Å²) in [5.41, 5.74) is 6.37. The van der Waals surface area contributed by atoms with E-state index in [9.17, 15) is 22.4 Å². The molecule has 0 aromatic heterocycles. The summed E-state index contributed by atoms with van der Waals surface area (Å²) in [6.07, 6.45) is 0. The van der Waals surface area contributed by atoms with Crippen LogP contribution in [0.4, 0.5) is 23.2 Å². The minimum atomic E-state index is -1.89. The molecule has 4 N–H and O–H groups in total. The Morgan fingerprint density at radius 3 is 1.57 bits per heavy atom. The maximum absolute atomic E-state index is 12.8. The predicted octanol–water partition coefficient (Wildman–Crippen LogP) is 0.924. The maximum Gasteiger partial charge on any atom is 0.254 e. The molecular weight excluding hydrogens is 204 g/mol. The summed E-state index contributed by atoms with van der Waals surface area (Å²) in [6, 6.07) is 0. The van der Waals surface area contributed by atoms with E-state index in [-0.39, 0.29) is 0 Å². The zero-order valence-corrected chi connectivity index (χ0v) is 6.57. The second kappa shape index (κ2) is 3.17. The first-order valence-corrected chi connectivity index (χ1v) is 3.29. The smallest absolute Gasteiger partial charge is 0.254 e. The predicted molar refractivity (Wildman–Crippen MR) is 39.2 cm³/mol. The van der Waals surface area contributed by atoms with Gasteiger partial charge in [-0.25, -0.2) is 17.6 Å². The molecular formula is C7H4F4N2O. The molecule has 1 amide bonds. The average Bonchev–Trinajstić information content (AvgIpc) is 2.11. The summed E-state index contributed by atoms with van der Waals surface area (Å²) in [5.74, 6) is -9.07. The standard InChI is InChI=1S/C7H4F4N2O/c8-2-1(7(13)14)3(9)5(11)6(12)4(2)10/h12H2,(H2,13,14). The Morgan fingerprint density at radius 1 is 0.929 bits per heavy atom. The molecule has 0 heterocycles. The quantitative estimate of drug-likeness (QED) is 0.409. The van der Waals surface area contributed by atoms with Crippen LogP contribution < -0.4 is 11.5 Å². The average molecular weight is 208 g/mol. The van der Waals surface area contributed by atoms with E-state index < -0.39 is 40.4 Å². The molecule has 0 radical (unpaired) electrons.